The quantitative estimate of drug-likeness (QED) is 0.678. The van der Waals surface area contributed by atoms with Gasteiger partial charge in [0.25, 0.3) is 5.91 Å². The molecule has 0 bridgehead atoms. The van der Waals surface area contributed by atoms with Gasteiger partial charge in [-0.15, -0.1) is 0 Å². The van der Waals surface area contributed by atoms with Gasteiger partial charge >= 0.3 is 0 Å². The first-order chi connectivity index (χ1) is 6.68. The predicted octanol–water partition coefficient (Wildman–Crippen LogP) is 0.515. The Morgan fingerprint density at radius 3 is 2.64 bits per heavy atom. The number of aliphatic hydroxyl groups is 1. The molecule has 1 aliphatic heterocycles. The molecular formula is C10H10N2O2. The van der Waals surface area contributed by atoms with Gasteiger partial charge in [-0.3, -0.25) is 4.79 Å². The molecule has 14 heavy (non-hydrogen) atoms. The van der Waals surface area contributed by atoms with Crippen molar-refractivity contribution < 1.29 is 9.90 Å². The van der Waals surface area contributed by atoms with Crippen LogP contribution in [0.5, 0.6) is 0 Å². The fraction of sp³-hybridized carbons (Fsp3) is 0.200. The van der Waals surface area contributed by atoms with E-state index < -0.39 is 6.23 Å². The maximum absolute atomic E-state index is 11.4. The molecule has 4 nitrogen and oxygen atoms in total. The summed E-state index contributed by atoms with van der Waals surface area (Å²) in [5.41, 5.74) is 1.35. The Balaban J connectivity index is 2.49. The van der Waals surface area contributed by atoms with Gasteiger partial charge in [0.05, 0.1) is 5.56 Å². The highest BCUT2D eigenvalue weighted by molar-refractivity contribution is 6.23. The normalized spacial score (nSPS) is 19.3. The number of carbonyl (C=O) groups excluding carboxylic acids is 1. The van der Waals surface area contributed by atoms with Crippen molar-refractivity contribution in [2.75, 3.05) is 0 Å². The summed E-state index contributed by atoms with van der Waals surface area (Å²) in [6, 6.07) is 7.16. The van der Waals surface area contributed by atoms with E-state index in [4.69, 9.17) is 5.11 Å². The van der Waals surface area contributed by atoms with Crippen LogP contribution < -0.4 is 5.32 Å². The van der Waals surface area contributed by atoms with Crippen LogP contribution in [0.1, 0.15) is 22.8 Å². The van der Waals surface area contributed by atoms with Crippen LogP contribution in [0.2, 0.25) is 0 Å². The summed E-state index contributed by atoms with van der Waals surface area (Å²) < 4.78 is 0. The molecule has 0 saturated heterocycles. The Labute approximate surface area is 81.3 Å². The van der Waals surface area contributed by atoms with Crippen molar-refractivity contribution in [3.63, 3.8) is 0 Å². The third-order valence-corrected chi connectivity index (χ3v) is 1.97. The van der Waals surface area contributed by atoms with Crippen molar-refractivity contribution >= 4 is 11.7 Å². The van der Waals surface area contributed by atoms with Gasteiger partial charge in [0.2, 0.25) is 0 Å². The number of hydrogen-bond donors (Lipinski definition) is 2. The molecule has 72 valence electrons. The van der Waals surface area contributed by atoms with E-state index in [0.29, 0.717) is 11.4 Å². The largest absolute Gasteiger partial charge is 0.372 e. The van der Waals surface area contributed by atoms with Crippen LogP contribution in [0.3, 0.4) is 0 Å². The van der Waals surface area contributed by atoms with E-state index in [9.17, 15) is 4.79 Å². The molecule has 0 fully saturated rings. The fourth-order valence-corrected chi connectivity index (χ4v) is 1.42. The number of amides is 1. The molecule has 0 spiro atoms. The minimum absolute atomic E-state index is 0.167. The monoisotopic (exact) mass is 190 g/mol. The highest BCUT2D eigenvalue weighted by Gasteiger charge is 2.24. The summed E-state index contributed by atoms with van der Waals surface area (Å²) in [4.78, 5) is 15.3. The summed E-state index contributed by atoms with van der Waals surface area (Å²) in [6.45, 7) is 1.54. The first-order valence-corrected chi connectivity index (χ1v) is 4.35. The van der Waals surface area contributed by atoms with Gasteiger partial charge in [-0.2, -0.15) is 0 Å². The summed E-state index contributed by atoms with van der Waals surface area (Å²) in [5.74, 6) is 0.278. The first-order valence-electron chi connectivity index (χ1n) is 4.35. The van der Waals surface area contributed by atoms with Gasteiger partial charge in [-0.25, -0.2) is 4.99 Å². The minimum Gasteiger partial charge on any atom is -0.372 e. The van der Waals surface area contributed by atoms with Crippen LogP contribution in [-0.2, 0) is 0 Å². The molecule has 1 aromatic carbocycles. The number of amidine groups is 1. The number of hydrogen-bond acceptors (Lipinski definition) is 3. The van der Waals surface area contributed by atoms with Gasteiger partial charge in [0, 0.05) is 5.56 Å². The lowest BCUT2D eigenvalue weighted by Gasteiger charge is -2.00. The molecule has 0 aliphatic carbocycles. The van der Waals surface area contributed by atoms with E-state index in [1.54, 1.807) is 25.1 Å². The highest BCUT2D eigenvalue weighted by Crippen LogP contribution is 2.15. The van der Waals surface area contributed by atoms with E-state index in [-0.39, 0.29) is 5.91 Å². The van der Waals surface area contributed by atoms with Crippen molar-refractivity contribution in [1.82, 2.24) is 5.32 Å². The van der Waals surface area contributed by atoms with Crippen LogP contribution in [-0.4, -0.2) is 23.1 Å². The molecule has 1 amide bonds. The molecule has 2 rings (SSSR count). The maximum Gasteiger partial charge on any atom is 0.257 e. The van der Waals surface area contributed by atoms with E-state index >= 15 is 0 Å². The minimum atomic E-state index is -0.809. The Bertz CT molecular complexity index is 410. The number of fused-ring (bicyclic) bond motifs is 1. The zero-order valence-corrected chi connectivity index (χ0v) is 7.69. The summed E-state index contributed by atoms with van der Waals surface area (Å²) in [5, 5.41) is 11.7. The predicted molar refractivity (Wildman–Crippen MR) is 52.1 cm³/mol. The van der Waals surface area contributed by atoms with Crippen LogP contribution in [0, 0.1) is 0 Å². The fourth-order valence-electron chi connectivity index (χ4n) is 1.42. The van der Waals surface area contributed by atoms with E-state index in [1.807, 2.05) is 6.07 Å². The molecule has 1 atom stereocenters. The SMILES string of the molecule is CC(O)N=C1NC(=O)c2ccccc21. The Morgan fingerprint density at radius 1 is 1.36 bits per heavy atom. The Morgan fingerprint density at radius 2 is 2.00 bits per heavy atom. The highest BCUT2D eigenvalue weighted by atomic mass is 16.3. The zero-order chi connectivity index (χ0) is 10.1. The standard InChI is InChI=1S/C10H10N2O2/c1-6(13)11-9-7-4-2-3-5-8(7)10(14)12-9/h2-6,13H,1H3,(H,11,12,14). The molecule has 1 aromatic rings. The summed E-state index contributed by atoms with van der Waals surface area (Å²) in [7, 11) is 0. The second-order valence-electron chi connectivity index (χ2n) is 3.11. The van der Waals surface area contributed by atoms with Gasteiger partial charge in [0.1, 0.15) is 12.1 Å². The third-order valence-electron chi connectivity index (χ3n) is 1.97. The van der Waals surface area contributed by atoms with E-state index in [2.05, 4.69) is 10.3 Å². The summed E-state index contributed by atoms with van der Waals surface area (Å²) >= 11 is 0. The Kier molecular flexibility index (Phi) is 2.05. The molecule has 4 heteroatoms. The lowest BCUT2D eigenvalue weighted by molar-refractivity contribution is 0.0983. The number of nitrogens with one attached hydrogen (secondary N) is 1. The molecule has 0 saturated carbocycles. The summed E-state index contributed by atoms with van der Waals surface area (Å²) in [6.07, 6.45) is -0.809. The molecule has 2 N–H and O–H groups in total. The van der Waals surface area contributed by atoms with Crippen LogP contribution >= 0.6 is 0 Å². The van der Waals surface area contributed by atoms with Crippen molar-refractivity contribution in [3.05, 3.63) is 35.4 Å². The number of carbonyl (C=O) groups is 1. The smallest absolute Gasteiger partial charge is 0.257 e. The van der Waals surface area contributed by atoms with Crippen LogP contribution in [0.25, 0.3) is 0 Å². The number of benzene rings is 1. The molecule has 0 radical (unpaired) electrons. The molecule has 1 aliphatic rings. The van der Waals surface area contributed by atoms with Crippen molar-refractivity contribution in [2.24, 2.45) is 4.99 Å². The van der Waals surface area contributed by atoms with E-state index in [1.165, 1.54) is 0 Å². The number of aliphatic hydroxyl groups excluding tert-OH is 1. The first kappa shape index (κ1) is 8.90. The van der Waals surface area contributed by atoms with Gasteiger partial charge < -0.3 is 10.4 Å². The van der Waals surface area contributed by atoms with Gasteiger partial charge in [-0.05, 0) is 13.0 Å². The number of rotatable bonds is 1. The van der Waals surface area contributed by atoms with Crippen LogP contribution in [0.4, 0.5) is 0 Å². The lowest BCUT2D eigenvalue weighted by atomic mass is 10.1. The third kappa shape index (κ3) is 1.40. The lowest BCUT2D eigenvalue weighted by Crippen LogP contribution is -2.22. The van der Waals surface area contributed by atoms with Crippen molar-refractivity contribution in [2.45, 2.75) is 13.2 Å². The molecule has 1 heterocycles. The van der Waals surface area contributed by atoms with Gasteiger partial charge in [0.15, 0.2) is 0 Å². The molecule has 1 unspecified atom stereocenters. The van der Waals surface area contributed by atoms with E-state index in [0.717, 1.165) is 5.56 Å². The number of aliphatic imine (C=N–C) groups is 1. The van der Waals surface area contributed by atoms with Gasteiger partial charge in [-0.1, -0.05) is 18.2 Å². The average molecular weight is 190 g/mol. The Hall–Kier alpha value is -1.68. The maximum atomic E-state index is 11.4. The zero-order valence-electron chi connectivity index (χ0n) is 7.69. The molecular weight excluding hydrogens is 180 g/mol. The average Bonchev–Trinajstić information content (AvgIpc) is 2.44. The molecule has 0 aromatic heterocycles. The second kappa shape index (κ2) is 3.23. The number of nitrogens with zero attached hydrogens (tertiary/aromatic N) is 1. The second-order valence-corrected chi connectivity index (χ2v) is 3.11. The topological polar surface area (TPSA) is 61.7 Å². The van der Waals surface area contributed by atoms with Crippen molar-refractivity contribution in [3.8, 4) is 0 Å². The van der Waals surface area contributed by atoms with Crippen LogP contribution in [0.15, 0.2) is 29.3 Å². The van der Waals surface area contributed by atoms with Crippen molar-refractivity contribution in [1.29, 1.82) is 0 Å².